The molecule has 0 bridgehead atoms. The standard InChI is InChI=1S/C24H15ClF2N4O2/c1-12-30-22-16(24(32)33-2)10-13(14-6-8-29-23(27)20(14)26)11-19(22)31(12)18-7-9-28-21-15(18)4-3-5-17(21)25/h3-11H,1-2H3. The lowest BCUT2D eigenvalue weighted by molar-refractivity contribution is 0.0603. The van der Waals surface area contributed by atoms with Gasteiger partial charge in [-0.15, -0.1) is 0 Å². The van der Waals surface area contributed by atoms with Gasteiger partial charge >= 0.3 is 5.97 Å². The van der Waals surface area contributed by atoms with Crippen molar-refractivity contribution in [3.05, 3.63) is 83.0 Å². The van der Waals surface area contributed by atoms with E-state index >= 15 is 0 Å². The quantitative estimate of drug-likeness (QED) is 0.254. The Labute approximate surface area is 191 Å². The fourth-order valence-electron chi connectivity index (χ4n) is 3.98. The zero-order valence-electron chi connectivity index (χ0n) is 17.4. The van der Waals surface area contributed by atoms with E-state index in [0.29, 0.717) is 27.4 Å². The fraction of sp³-hybridized carbons (Fsp3) is 0.0833. The van der Waals surface area contributed by atoms with Crippen LogP contribution in [0.25, 0.3) is 38.8 Å². The summed E-state index contributed by atoms with van der Waals surface area (Å²) in [4.78, 5) is 24.9. The zero-order chi connectivity index (χ0) is 23.3. The second kappa shape index (κ2) is 7.90. The van der Waals surface area contributed by atoms with Crippen LogP contribution >= 0.6 is 11.6 Å². The number of fused-ring (bicyclic) bond motifs is 2. The van der Waals surface area contributed by atoms with E-state index in [9.17, 15) is 13.6 Å². The highest BCUT2D eigenvalue weighted by atomic mass is 35.5. The summed E-state index contributed by atoms with van der Waals surface area (Å²) in [5.74, 6) is -2.42. The van der Waals surface area contributed by atoms with Crippen LogP contribution in [0.1, 0.15) is 16.2 Å². The molecule has 0 amide bonds. The molecule has 0 saturated heterocycles. The minimum absolute atomic E-state index is 0.0393. The number of nitrogens with zero attached hydrogens (tertiary/aromatic N) is 4. The number of esters is 1. The first-order valence-corrected chi connectivity index (χ1v) is 10.2. The number of imidazole rings is 1. The van der Waals surface area contributed by atoms with E-state index in [1.165, 1.54) is 19.2 Å². The number of carbonyl (C=O) groups is 1. The minimum atomic E-state index is -1.23. The van der Waals surface area contributed by atoms with Crippen molar-refractivity contribution >= 4 is 39.5 Å². The molecule has 0 aliphatic carbocycles. The number of benzene rings is 2. The van der Waals surface area contributed by atoms with Gasteiger partial charge in [-0.3, -0.25) is 9.55 Å². The molecule has 5 rings (SSSR count). The van der Waals surface area contributed by atoms with Crippen molar-refractivity contribution in [2.24, 2.45) is 0 Å². The average molecular weight is 465 g/mol. The summed E-state index contributed by atoms with van der Waals surface area (Å²) < 4.78 is 35.2. The number of pyridine rings is 2. The Morgan fingerprint density at radius 2 is 1.85 bits per heavy atom. The molecule has 0 fully saturated rings. The number of carbonyl (C=O) groups excluding carboxylic acids is 1. The molecule has 6 nitrogen and oxygen atoms in total. The number of rotatable bonds is 3. The third-order valence-electron chi connectivity index (χ3n) is 5.43. The third-order valence-corrected chi connectivity index (χ3v) is 5.74. The summed E-state index contributed by atoms with van der Waals surface area (Å²) in [5, 5.41) is 1.25. The van der Waals surface area contributed by atoms with Gasteiger partial charge in [0.15, 0.2) is 5.82 Å². The maximum atomic E-state index is 14.6. The number of aryl methyl sites for hydroxylation is 1. The molecule has 0 saturated carbocycles. The first kappa shape index (κ1) is 21.0. The maximum Gasteiger partial charge on any atom is 0.340 e. The Morgan fingerprint density at radius 3 is 2.64 bits per heavy atom. The normalized spacial score (nSPS) is 11.3. The molecular weight excluding hydrogens is 450 g/mol. The van der Waals surface area contributed by atoms with Gasteiger partial charge < -0.3 is 4.74 Å². The second-order valence-corrected chi connectivity index (χ2v) is 7.71. The van der Waals surface area contributed by atoms with Crippen molar-refractivity contribution in [1.29, 1.82) is 0 Å². The minimum Gasteiger partial charge on any atom is -0.465 e. The Balaban J connectivity index is 1.89. The van der Waals surface area contributed by atoms with Crippen molar-refractivity contribution in [3.8, 4) is 16.8 Å². The molecule has 0 atom stereocenters. The van der Waals surface area contributed by atoms with Crippen LogP contribution in [-0.2, 0) is 4.74 Å². The maximum absolute atomic E-state index is 14.6. The van der Waals surface area contributed by atoms with Crippen LogP contribution in [0, 0.1) is 18.7 Å². The lowest BCUT2D eigenvalue weighted by Crippen LogP contribution is -2.04. The number of halogens is 3. The van der Waals surface area contributed by atoms with Gasteiger partial charge in [0.2, 0.25) is 5.95 Å². The molecule has 0 N–H and O–H groups in total. The first-order valence-electron chi connectivity index (χ1n) is 9.86. The lowest BCUT2D eigenvalue weighted by atomic mass is 10.0. The average Bonchev–Trinajstić information content (AvgIpc) is 3.15. The number of methoxy groups -OCH3 is 1. The highest BCUT2D eigenvalue weighted by molar-refractivity contribution is 6.35. The molecule has 0 aliphatic heterocycles. The predicted octanol–water partition coefficient (Wildman–Crippen LogP) is 5.66. The molecule has 164 valence electrons. The van der Waals surface area contributed by atoms with Crippen LogP contribution in [0.5, 0.6) is 0 Å². The molecule has 9 heteroatoms. The molecule has 0 unspecified atom stereocenters. The van der Waals surface area contributed by atoms with Gasteiger partial charge in [0.05, 0.1) is 34.4 Å². The van der Waals surface area contributed by atoms with Gasteiger partial charge in [0.1, 0.15) is 11.3 Å². The number of ether oxygens (including phenoxy) is 1. The van der Waals surface area contributed by atoms with Gasteiger partial charge in [0.25, 0.3) is 0 Å². The van der Waals surface area contributed by atoms with E-state index in [1.807, 2.05) is 16.7 Å². The van der Waals surface area contributed by atoms with Gasteiger partial charge in [-0.1, -0.05) is 23.7 Å². The summed E-state index contributed by atoms with van der Waals surface area (Å²) in [6.45, 7) is 1.78. The van der Waals surface area contributed by atoms with Crippen LogP contribution < -0.4 is 0 Å². The molecule has 3 aromatic heterocycles. The van der Waals surface area contributed by atoms with Crippen molar-refractivity contribution in [1.82, 2.24) is 19.5 Å². The molecule has 5 aromatic rings. The highest BCUT2D eigenvalue weighted by Crippen LogP contribution is 2.34. The number of hydrogen-bond donors (Lipinski definition) is 0. The summed E-state index contributed by atoms with van der Waals surface area (Å²) >= 11 is 6.34. The van der Waals surface area contributed by atoms with Crippen molar-refractivity contribution in [2.45, 2.75) is 6.92 Å². The van der Waals surface area contributed by atoms with Crippen molar-refractivity contribution in [2.75, 3.05) is 7.11 Å². The van der Waals surface area contributed by atoms with Crippen molar-refractivity contribution < 1.29 is 18.3 Å². The Kier molecular flexibility index (Phi) is 5.02. The van der Waals surface area contributed by atoms with Crippen LogP contribution in [-0.4, -0.2) is 32.6 Å². The fourth-order valence-corrected chi connectivity index (χ4v) is 4.20. The highest BCUT2D eigenvalue weighted by Gasteiger charge is 2.22. The van der Waals surface area contributed by atoms with Gasteiger partial charge in [-0.2, -0.15) is 4.39 Å². The molecule has 0 aliphatic rings. The lowest BCUT2D eigenvalue weighted by Gasteiger charge is -2.13. The first-order chi connectivity index (χ1) is 15.9. The third kappa shape index (κ3) is 3.30. The predicted molar refractivity (Wildman–Crippen MR) is 121 cm³/mol. The van der Waals surface area contributed by atoms with E-state index in [-0.39, 0.29) is 16.7 Å². The summed E-state index contributed by atoms with van der Waals surface area (Å²) in [5.41, 5.74) is 2.56. The smallest absolute Gasteiger partial charge is 0.340 e. The molecular formula is C24H15ClF2N4O2. The van der Waals surface area contributed by atoms with Crippen molar-refractivity contribution in [3.63, 3.8) is 0 Å². The number of para-hydroxylation sites is 1. The largest absolute Gasteiger partial charge is 0.465 e. The molecule has 0 spiro atoms. The molecule has 33 heavy (non-hydrogen) atoms. The second-order valence-electron chi connectivity index (χ2n) is 7.31. The molecule has 3 heterocycles. The van der Waals surface area contributed by atoms with Gasteiger partial charge in [-0.05, 0) is 42.8 Å². The number of aromatic nitrogens is 4. The van der Waals surface area contributed by atoms with Gasteiger partial charge in [-0.25, -0.2) is 19.2 Å². The summed E-state index contributed by atoms with van der Waals surface area (Å²) in [7, 11) is 1.25. The van der Waals surface area contributed by atoms with Crippen LogP contribution in [0.3, 0.4) is 0 Å². The monoisotopic (exact) mass is 464 g/mol. The zero-order valence-corrected chi connectivity index (χ0v) is 18.2. The Hall–Kier alpha value is -3.91. The van der Waals surface area contributed by atoms with E-state index in [1.54, 1.807) is 31.3 Å². The Bertz CT molecular complexity index is 1580. The van der Waals surface area contributed by atoms with E-state index < -0.39 is 17.7 Å². The van der Waals surface area contributed by atoms with Crippen LogP contribution in [0.4, 0.5) is 8.78 Å². The topological polar surface area (TPSA) is 69.9 Å². The number of hydrogen-bond acceptors (Lipinski definition) is 5. The Morgan fingerprint density at radius 1 is 1.06 bits per heavy atom. The van der Waals surface area contributed by atoms with E-state index in [2.05, 4.69) is 15.0 Å². The SMILES string of the molecule is COC(=O)c1cc(-c2ccnc(F)c2F)cc2c1nc(C)n2-c1ccnc2c(Cl)cccc12. The summed E-state index contributed by atoms with van der Waals surface area (Å²) in [6, 6.07) is 11.6. The van der Waals surface area contributed by atoms with Crippen LogP contribution in [0.15, 0.2) is 54.9 Å². The molecule has 0 radical (unpaired) electrons. The van der Waals surface area contributed by atoms with Gasteiger partial charge in [0, 0.05) is 23.3 Å². The van der Waals surface area contributed by atoms with Crippen LogP contribution in [0.2, 0.25) is 5.02 Å². The van der Waals surface area contributed by atoms with E-state index in [4.69, 9.17) is 16.3 Å². The van der Waals surface area contributed by atoms with E-state index in [0.717, 1.165) is 17.3 Å². The summed E-state index contributed by atoms with van der Waals surface area (Å²) in [6.07, 6.45) is 2.79. The molecule has 2 aromatic carbocycles.